The summed E-state index contributed by atoms with van der Waals surface area (Å²) in [6.45, 7) is 2.04. The van der Waals surface area contributed by atoms with Crippen molar-refractivity contribution in [1.82, 2.24) is 4.98 Å². The highest BCUT2D eigenvalue weighted by atomic mass is 35.5. The second kappa shape index (κ2) is 6.30. The number of aliphatic imine (C=N–C) groups is 1. The molecule has 0 aliphatic heterocycles. The number of nitrogens with zero attached hydrogens (tertiary/aromatic N) is 2. The van der Waals surface area contributed by atoms with E-state index in [-0.39, 0.29) is 5.75 Å². The lowest BCUT2D eigenvalue weighted by atomic mass is 10.1. The van der Waals surface area contributed by atoms with Gasteiger partial charge in [-0.25, -0.2) is 9.98 Å². The zero-order valence-electron chi connectivity index (χ0n) is 11.8. The van der Waals surface area contributed by atoms with Crippen LogP contribution in [-0.4, -0.2) is 16.3 Å². The summed E-state index contributed by atoms with van der Waals surface area (Å²) < 4.78 is 0.605. The molecule has 0 saturated heterocycles. The standard InChI is InChI=1S/C17H13ClN2OS/c1-11-6-8-12(9-7-11)15-16(18)22-17(20-15)19-10-13-4-2-3-5-14(13)21/h2-10,21H,1H3/b19-10+. The predicted molar refractivity (Wildman–Crippen MR) is 92.7 cm³/mol. The van der Waals surface area contributed by atoms with Crippen LogP contribution in [0.1, 0.15) is 11.1 Å². The fourth-order valence-corrected chi connectivity index (χ4v) is 2.98. The normalized spacial score (nSPS) is 11.2. The van der Waals surface area contributed by atoms with E-state index in [0.717, 1.165) is 11.3 Å². The Bertz CT molecular complexity index is 825. The molecule has 0 amide bonds. The highest BCUT2D eigenvalue weighted by Gasteiger charge is 2.10. The Morgan fingerprint density at radius 2 is 1.86 bits per heavy atom. The number of aromatic nitrogens is 1. The first-order valence-electron chi connectivity index (χ1n) is 6.69. The van der Waals surface area contributed by atoms with Gasteiger partial charge in [-0.15, -0.1) is 0 Å². The fourth-order valence-electron chi connectivity index (χ4n) is 1.96. The predicted octanol–water partition coefficient (Wildman–Crippen LogP) is 5.23. The number of halogens is 1. The molecule has 0 aliphatic rings. The van der Waals surface area contributed by atoms with Crippen LogP contribution < -0.4 is 0 Å². The topological polar surface area (TPSA) is 45.5 Å². The van der Waals surface area contributed by atoms with Crippen LogP contribution in [-0.2, 0) is 0 Å². The van der Waals surface area contributed by atoms with Crippen molar-refractivity contribution in [2.75, 3.05) is 0 Å². The summed E-state index contributed by atoms with van der Waals surface area (Å²) >= 11 is 7.58. The van der Waals surface area contributed by atoms with Gasteiger partial charge in [-0.2, -0.15) is 0 Å². The lowest BCUT2D eigenvalue weighted by Gasteiger charge is -1.98. The van der Waals surface area contributed by atoms with Crippen molar-refractivity contribution < 1.29 is 5.11 Å². The number of phenols is 1. The highest BCUT2D eigenvalue weighted by Crippen LogP contribution is 2.36. The first kappa shape index (κ1) is 14.8. The van der Waals surface area contributed by atoms with Gasteiger partial charge >= 0.3 is 0 Å². The molecule has 1 aromatic heterocycles. The van der Waals surface area contributed by atoms with Crippen molar-refractivity contribution in [3.8, 4) is 17.0 Å². The number of para-hydroxylation sites is 1. The third kappa shape index (κ3) is 3.18. The summed E-state index contributed by atoms with van der Waals surface area (Å²) in [5, 5.41) is 10.3. The largest absolute Gasteiger partial charge is 0.507 e. The van der Waals surface area contributed by atoms with Crippen molar-refractivity contribution in [2.24, 2.45) is 4.99 Å². The summed E-state index contributed by atoms with van der Waals surface area (Å²) in [4.78, 5) is 8.76. The van der Waals surface area contributed by atoms with E-state index in [1.54, 1.807) is 24.4 Å². The Morgan fingerprint density at radius 3 is 2.59 bits per heavy atom. The molecule has 0 spiro atoms. The van der Waals surface area contributed by atoms with Gasteiger partial charge in [-0.3, -0.25) is 0 Å². The van der Waals surface area contributed by atoms with E-state index < -0.39 is 0 Å². The van der Waals surface area contributed by atoms with Crippen LogP contribution in [0.25, 0.3) is 11.3 Å². The maximum absolute atomic E-state index is 9.72. The molecule has 1 heterocycles. The number of aromatic hydroxyl groups is 1. The Kier molecular flexibility index (Phi) is 4.22. The molecule has 3 aromatic rings. The Hall–Kier alpha value is -2.17. The zero-order chi connectivity index (χ0) is 15.5. The molecule has 110 valence electrons. The van der Waals surface area contributed by atoms with Gasteiger partial charge in [-0.1, -0.05) is 64.9 Å². The summed E-state index contributed by atoms with van der Waals surface area (Å²) in [7, 11) is 0. The van der Waals surface area contributed by atoms with Gasteiger partial charge in [0.1, 0.15) is 15.8 Å². The minimum absolute atomic E-state index is 0.188. The molecule has 2 aromatic carbocycles. The molecule has 1 N–H and O–H groups in total. The van der Waals surface area contributed by atoms with Crippen molar-refractivity contribution in [1.29, 1.82) is 0 Å². The van der Waals surface area contributed by atoms with E-state index in [2.05, 4.69) is 9.98 Å². The molecule has 0 atom stereocenters. The third-order valence-electron chi connectivity index (χ3n) is 3.15. The number of hydrogen-bond donors (Lipinski definition) is 1. The third-order valence-corrected chi connectivity index (χ3v) is 4.31. The number of benzene rings is 2. The lowest BCUT2D eigenvalue weighted by Crippen LogP contribution is -1.81. The van der Waals surface area contributed by atoms with E-state index in [1.165, 1.54) is 16.9 Å². The van der Waals surface area contributed by atoms with Gasteiger partial charge in [0.2, 0.25) is 5.13 Å². The molecule has 0 aliphatic carbocycles. The molecule has 5 heteroatoms. The molecular weight excluding hydrogens is 316 g/mol. The van der Waals surface area contributed by atoms with Crippen LogP contribution in [0.3, 0.4) is 0 Å². The number of aryl methyl sites for hydroxylation is 1. The number of phenolic OH excluding ortho intramolecular Hbond substituents is 1. The van der Waals surface area contributed by atoms with Crippen molar-refractivity contribution >= 4 is 34.3 Å². The molecule has 0 saturated carbocycles. The number of rotatable bonds is 3. The van der Waals surface area contributed by atoms with E-state index in [0.29, 0.717) is 15.0 Å². The quantitative estimate of drug-likeness (QED) is 0.669. The van der Waals surface area contributed by atoms with E-state index in [9.17, 15) is 5.11 Å². The maximum Gasteiger partial charge on any atom is 0.211 e. The van der Waals surface area contributed by atoms with Gasteiger partial charge in [0, 0.05) is 17.3 Å². The van der Waals surface area contributed by atoms with Crippen LogP contribution in [0, 0.1) is 6.92 Å². The van der Waals surface area contributed by atoms with Crippen molar-refractivity contribution in [2.45, 2.75) is 6.92 Å². The average molecular weight is 329 g/mol. The second-order valence-corrected chi connectivity index (χ2v) is 6.38. The zero-order valence-corrected chi connectivity index (χ0v) is 13.4. The van der Waals surface area contributed by atoms with Crippen LogP contribution >= 0.6 is 22.9 Å². The van der Waals surface area contributed by atoms with E-state index in [1.807, 2.05) is 37.3 Å². The lowest BCUT2D eigenvalue weighted by molar-refractivity contribution is 0.474. The van der Waals surface area contributed by atoms with Crippen molar-refractivity contribution in [3.05, 3.63) is 64.0 Å². The van der Waals surface area contributed by atoms with Gasteiger partial charge in [0.05, 0.1) is 0 Å². The Balaban J connectivity index is 1.89. The van der Waals surface area contributed by atoms with Gasteiger partial charge in [0.25, 0.3) is 0 Å². The van der Waals surface area contributed by atoms with Crippen LogP contribution in [0.15, 0.2) is 53.5 Å². The SMILES string of the molecule is Cc1ccc(-c2nc(/N=C/c3ccccc3O)sc2Cl)cc1. The Labute approximate surface area is 137 Å². The second-order valence-electron chi connectivity index (χ2n) is 4.80. The fraction of sp³-hybridized carbons (Fsp3) is 0.0588. The van der Waals surface area contributed by atoms with Gasteiger partial charge in [0.15, 0.2) is 0 Å². The summed E-state index contributed by atoms with van der Waals surface area (Å²) in [5.41, 5.74) is 3.53. The maximum atomic E-state index is 9.72. The average Bonchev–Trinajstić information content (AvgIpc) is 2.88. The monoisotopic (exact) mass is 328 g/mol. The Morgan fingerprint density at radius 1 is 1.14 bits per heavy atom. The molecular formula is C17H13ClN2OS. The summed E-state index contributed by atoms with van der Waals surface area (Å²) in [6, 6.07) is 15.0. The first-order chi connectivity index (χ1) is 10.6. The summed E-state index contributed by atoms with van der Waals surface area (Å²) in [6.07, 6.45) is 1.59. The van der Waals surface area contributed by atoms with Gasteiger partial charge in [-0.05, 0) is 19.1 Å². The van der Waals surface area contributed by atoms with Crippen LogP contribution in [0.5, 0.6) is 5.75 Å². The molecule has 3 nitrogen and oxygen atoms in total. The van der Waals surface area contributed by atoms with E-state index >= 15 is 0 Å². The highest BCUT2D eigenvalue weighted by molar-refractivity contribution is 7.19. The summed E-state index contributed by atoms with van der Waals surface area (Å²) in [5.74, 6) is 0.188. The first-order valence-corrected chi connectivity index (χ1v) is 7.88. The van der Waals surface area contributed by atoms with Crippen molar-refractivity contribution in [3.63, 3.8) is 0 Å². The minimum Gasteiger partial charge on any atom is -0.507 e. The molecule has 22 heavy (non-hydrogen) atoms. The van der Waals surface area contributed by atoms with Gasteiger partial charge < -0.3 is 5.11 Å². The van der Waals surface area contributed by atoms with E-state index in [4.69, 9.17) is 11.6 Å². The van der Waals surface area contributed by atoms with Crippen LogP contribution in [0.2, 0.25) is 4.34 Å². The molecule has 0 unspecified atom stereocenters. The molecule has 0 fully saturated rings. The smallest absolute Gasteiger partial charge is 0.211 e. The minimum atomic E-state index is 0.188. The molecule has 0 radical (unpaired) electrons. The van der Waals surface area contributed by atoms with Crippen LogP contribution in [0.4, 0.5) is 5.13 Å². The number of thiazole rings is 1. The molecule has 3 rings (SSSR count). The molecule has 0 bridgehead atoms. The number of hydrogen-bond acceptors (Lipinski definition) is 4.